The van der Waals surface area contributed by atoms with E-state index in [2.05, 4.69) is 25.0 Å². The van der Waals surface area contributed by atoms with Gasteiger partial charge in [-0.25, -0.2) is 0 Å². The molecule has 2 amide bonds. The molecule has 1 spiro atoms. The van der Waals surface area contributed by atoms with Gasteiger partial charge in [-0.1, -0.05) is 39.5 Å². The van der Waals surface area contributed by atoms with Gasteiger partial charge in [0.25, 0.3) is 0 Å². The zero-order chi connectivity index (χ0) is 27.6. The molecule has 4 fully saturated rings. The summed E-state index contributed by atoms with van der Waals surface area (Å²) < 4.78 is 10.2. The Kier molecular flexibility index (Phi) is 9.27. The summed E-state index contributed by atoms with van der Waals surface area (Å²) in [5.74, 6) is -2.05. The number of carbonyl (C=O) groups excluding carboxylic acids is 3. The van der Waals surface area contributed by atoms with Crippen LogP contribution in [0.25, 0.3) is 0 Å². The van der Waals surface area contributed by atoms with Crippen LogP contribution in [0.15, 0.2) is 25.3 Å². The number of esters is 1. The number of likely N-dealkylation sites (tertiary alicyclic amines) is 1. The number of thioether (sulfide) groups is 1. The molecule has 0 aliphatic carbocycles. The quantitative estimate of drug-likeness (QED) is 0.288. The average Bonchev–Trinajstić information content (AvgIpc) is 3.49. The molecule has 0 aromatic heterocycles. The smallest absolute Gasteiger partial charge is 0.311 e. The Bertz CT molecular complexity index is 924. The van der Waals surface area contributed by atoms with Gasteiger partial charge in [-0.15, -0.1) is 18.3 Å². The number of hydrogen-bond donors (Lipinski definition) is 1. The summed E-state index contributed by atoms with van der Waals surface area (Å²) in [6, 6.07) is -1.30. The van der Waals surface area contributed by atoms with E-state index in [1.165, 1.54) is 6.08 Å². The van der Waals surface area contributed by atoms with Gasteiger partial charge in [0, 0.05) is 38.0 Å². The number of ether oxygens (including phenoxy) is 2. The van der Waals surface area contributed by atoms with E-state index in [4.69, 9.17) is 9.47 Å². The van der Waals surface area contributed by atoms with Crippen LogP contribution in [0.4, 0.5) is 0 Å². The number of amides is 2. The average molecular weight is 550 g/mol. The van der Waals surface area contributed by atoms with Crippen molar-refractivity contribution in [1.82, 2.24) is 14.7 Å². The third-order valence-electron chi connectivity index (χ3n) is 8.80. The normalized spacial score (nSPS) is 33.3. The van der Waals surface area contributed by atoms with E-state index in [1.807, 2.05) is 13.8 Å². The molecule has 0 aromatic carbocycles. The Morgan fingerprint density at radius 3 is 2.61 bits per heavy atom. The number of aliphatic hydroxyl groups excluding tert-OH is 1. The Morgan fingerprint density at radius 1 is 1.29 bits per heavy atom. The Hall–Kier alpha value is -1.88. The summed E-state index contributed by atoms with van der Waals surface area (Å²) in [5.41, 5.74) is 0. The van der Waals surface area contributed by atoms with E-state index in [0.29, 0.717) is 32.8 Å². The van der Waals surface area contributed by atoms with Gasteiger partial charge >= 0.3 is 5.97 Å². The number of aliphatic hydroxyl groups is 1. The van der Waals surface area contributed by atoms with Crippen molar-refractivity contribution in [3.63, 3.8) is 0 Å². The molecule has 4 saturated heterocycles. The van der Waals surface area contributed by atoms with Crippen molar-refractivity contribution in [1.29, 1.82) is 0 Å². The number of morpholine rings is 1. The second-order valence-corrected chi connectivity index (χ2v) is 12.8. The van der Waals surface area contributed by atoms with Gasteiger partial charge in [0.2, 0.25) is 11.8 Å². The first-order valence-electron chi connectivity index (χ1n) is 13.8. The first-order chi connectivity index (χ1) is 18.2. The third kappa shape index (κ3) is 4.93. The van der Waals surface area contributed by atoms with E-state index in [0.717, 1.165) is 19.5 Å². The number of rotatable bonds is 12. The number of hydrogen-bond acceptors (Lipinski definition) is 8. The highest BCUT2D eigenvalue weighted by atomic mass is 32.2. The molecule has 4 heterocycles. The van der Waals surface area contributed by atoms with Gasteiger partial charge < -0.3 is 24.4 Å². The fraction of sp³-hybridized carbons (Fsp3) is 0.750. The molecule has 0 aromatic rings. The first kappa shape index (κ1) is 29.1. The van der Waals surface area contributed by atoms with Gasteiger partial charge in [-0.3, -0.25) is 19.3 Å². The molecule has 212 valence electrons. The zero-order valence-corrected chi connectivity index (χ0v) is 23.7. The molecule has 4 rings (SSSR count). The van der Waals surface area contributed by atoms with E-state index in [9.17, 15) is 19.5 Å². The van der Waals surface area contributed by atoms with Crippen LogP contribution in [-0.4, -0.2) is 119 Å². The topological polar surface area (TPSA) is 99.6 Å². The maximum absolute atomic E-state index is 14.5. The molecular weight excluding hydrogens is 506 g/mol. The number of fused-ring (bicyclic) bond motifs is 1. The molecule has 7 atom stereocenters. The first-order valence-corrected chi connectivity index (χ1v) is 14.7. The lowest BCUT2D eigenvalue weighted by Crippen LogP contribution is -2.60. The molecule has 4 aliphatic rings. The summed E-state index contributed by atoms with van der Waals surface area (Å²) >= 11 is 1.62. The largest absolute Gasteiger partial charge is 0.461 e. The highest BCUT2D eigenvalue weighted by molar-refractivity contribution is 8.02. The lowest BCUT2D eigenvalue weighted by molar-refractivity contribution is -0.154. The van der Waals surface area contributed by atoms with Gasteiger partial charge in [0.1, 0.15) is 12.6 Å². The molecule has 3 unspecified atom stereocenters. The van der Waals surface area contributed by atoms with Gasteiger partial charge in [-0.05, 0) is 18.3 Å². The molecule has 10 heteroatoms. The van der Waals surface area contributed by atoms with E-state index < -0.39 is 34.6 Å². The Balaban J connectivity index is 1.71. The summed E-state index contributed by atoms with van der Waals surface area (Å²) in [4.78, 5) is 47.8. The molecule has 0 saturated carbocycles. The van der Waals surface area contributed by atoms with Crippen molar-refractivity contribution >= 4 is 29.5 Å². The fourth-order valence-corrected chi connectivity index (χ4v) is 9.32. The molecule has 0 radical (unpaired) electrons. The van der Waals surface area contributed by atoms with Crippen molar-refractivity contribution in [2.45, 2.75) is 49.3 Å². The second kappa shape index (κ2) is 12.1. The van der Waals surface area contributed by atoms with Crippen molar-refractivity contribution < 1.29 is 29.0 Å². The number of nitrogens with zero attached hydrogens (tertiary/aromatic N) is 3. The van der Waals surface area contributed by atoms with Crippen LogP contribution in [0.2, 0.25) is 0 Å². The minimum atomic E-state index is -0.772. The maximum atomic E-state index is 14.5. The minimum Gasteiger partial charge on any atom is -0.461 e. The lowest BCUT2D eigenvalue weighted by atomic mass is 9.66. The van der Waals surface area contributed by atoms with E-state index >= 15 is 0 Å². The summed E-state index contributed by atoms with van der Waals surface area (Å²) in [6.45, 7) is 17.9. The molecule has 4 aliphatic heterocycles. The standard InChI is InChI=1S/C28H43N3O6S/c1-6-8-30(10-9-29-11-14-36-15-12-29)26(34)24-28-19(5)16-21(38-28)22(27(35)37-13-7-2)23(28)25(33)31(24)20(17-32)18(3)4/h6-7,18-24,32H,1-2,8-17H2,3-5H3/t19?,20-,21+,22-,23-,24?,28?/m0/s1. The molecular formula is C28H43N3O6S. The van der Waals surface area contributed by atoms with Crippen LogP contribution in [-0.2, 0) is 23.9 Å². The van der Waals surface area contributed by atoms with Gasteiger partial charge in [0.05, 0.1) is 42.4 Å². The third-order valence-corrected chi connectivity index (χ3v) is 10.9. The van der Waals surface area contributed by atoms with Crippen molar-refractivity contribution in [3.05, 3.63) is 25.3 Å². The maximum Gasteiger partial charge on any atom is 0.311 e. The molecule has 38 heavy (non-hydrogen) atoms. The SMILES string of the molecule is C=CCOC(=O)[C@@H]1[C@H]2C(=O)N([C@@H](CO)C(C)C)C(C(=O)N(CC=C)CCN3CCOCC3)C23S[C@@H]1CC3C. The van der Waals surface area contributed by atoms with Crippen LogP contribution in [0.5, 0.6) is 0 Å². The monoisotopic (exact) mass is 549 g/mol. The second-order valence-electron chi connectivity index (χ2n) is 11.2. The highest BCUT2D eigenvalue weighted by Crippen LogP contribution is 2.69. The van der Waals surface area contributed by atoms with Crippen molar-refractivity contribution in [2.24, 2.45) is 23.7 Å². The predicted molar refractivity (Wildman–Crippen MR) is 146 cm³/mol. The van der Waals surface area contributed by atoms with Gasteiger partial charge in [0.15, 0.2) is 0 Å². The zero-order valence-electron chi connectivity index (χ0n) is 22.9. The molecule has 2 bridgehead atoms. The molecule has 9 nitrogen and oxygen atoms in total. The number of carbonyl (C=O) groups is 3. The Morgan fingerprint density at radius 2 is 2.00 bits per heavy atom. The van der Waals surface area contributed by atoms with E-state index in [-0.39, 0.29) is 42.1 Å². The van der Waals surface area contributed by atoms with Crippen LogP contribution in [0.3, 0.4) is 0 Å². The summed E-state index contributed by atoms with van der Waals surface area (Å²) in [7, 11) is 0. The predicted octanol–water partition coefficient (Wildman–Crippen LogP) is 1.42. The van der Waals surface area contributed by atoms with Crippen LogP contribution < -0.4 is 0 Å². The lowest BCUT2D eigenvalue weighted by Gasteiger charge is -2.43. The fourth-order valence-electron chi connectivity index (χ4n) is 6.93. The molecule has 1 N–H and O–H groups in total. The summed E-state index contributed by atoms with van der Waals surface area (Å²) in [6.07, 6.45) is 3.98. The van der Waals surface area contributed by atoms with Crippen LogP contribution >= 0.6 is 11.8 Å². The van der Waals surface area contributed by atoms with Crippen molar-refractivity contribution in [2.75, 3.05) is 59.2 Å². The highest BCUT2D eigenvalue weighted by Gasteiger charge is 2.77. The Labute approximate surface area is 230 Å². The van der Waals surface area contributed by atoms with Crippen LogP contribution in [0, 0.1) is 23.7 Å². The van der Waals surface area contributed by atoms with Crippen molar-refractivity contribution in [3.8, 4) is 0 Å². The van der Waals surface area contributed by atoms with E-state index in [1.54, 1.807) is 27.6 Å². The van der Waals surface area contributed by atoms with Gasteiger partial charge in [-0.2, -0.15) is 0 Å². The minimum absolute atomic E-state index is 0.0465. The summed E-state index contributed by atoms with van der Waals surface area (Å²) in [5, 5.41) is 10.3. The van der Waals surface area contributed by atoms with Crippen LogP contribution in [0.1, 0.15) is 27.2 Å².